The van der Waals surface area contributed by atoms with Crippen LogP contribution in [0.1, 0.15) is 67.9 Å². The molecule has 1 heterocycles. The second kappa shape index (κ2) is 11.2. The zero-order valence-corrected chi connectivity index (χ0v) is 19.7. The molecule has 3 rings (SSSR count). The normalized spacial score (nSPS) is 16.2. The molecule has 1 aliphatic rings. The summed E-state index contributed by atoms with van der Waals surface area (Å²) in [7, 11) is 0. The number of carbonyl (C=O) groups is 2. The Labute approximate surface area is 195 Å². The summed E-state index contributed by atoms with van der Waals surface area (Å²) in [6.07, 6.45) is 3.28. The number of carbonyl (C=O) groups excluding carboxylic acids is 2. The molecule has 3 N–H and O–H groups in total. The number of benzene rings is 2. The van der Waals surface area contributed by atoms with Gasteiger partial charge in [0.1, 0.15) is 11.4 Å². The average Bonchev–Trinajstić information content (AvgIpc) is 2.78. The highest BCUT2D eigenvalue weighted by Crippen LogP contribution is 2.30. The van der Waals surface area contributed by atoms with Crippen LogP contribution in [0.25, 0.3) is 0 Å². The Bertz CT molecular complexity index is 947. The van der Waals surface area contributed by atoms with E-state index in [2.05, 4.69) is 5.32 Å². The fourth-order valence-corrected chi connectivity index (χ4v) is 3.63. The molecule has 7 heteroatoms. The van der Waals surface area contributed by atoms with E-state index in [1.807, 2.05) is 45.0 Å². The van der Waals surface area contributed by atoms with E-state index in [4.69, 9.17) is 19.9 Å². The Morgan fingerprint density at radius 1 is 1.15 bits per heavy atom. The van der Waals surface area contributed by atoms with Gasteiger partial charge in [-0.1, -0.05) is 30.3 Å². The second-order valence-corrected chi connectivity index (χ2v) is 9.18. The predicted molar refractivity (Wildman–Crippen MR) is 128 cm³/mol. The van der Waals surface area contributed by atoms with E-state index in [1.54, 1.807) is 18.2 Å². The van der Waals surface area contributed by atoms with E-state index in [0.29, 0.717) is 48.6 Å². The molecule has 178 valence electrons. The van der Waals surface area contributed by atoms with Crippen molar-refractivity contribution in [2.75, 3.05) is 18.9 Å². The summed E-state index contributed by atoms with van der Waals surface area (Å²) in [4.78, 5) is 25.1. The van der Waals surface area contributed by atoms with Gasteiger partial charge in [-0.3, -0.25) is 4.79 Å². The number of anilines is 1. The second-order valence-electron chi connectivity index (χ2n) is 9.18. The van der Waals surface area contributed by atoms with Gasteiger partial charge in [-0.15, -0.1) is 0 Å². The molecule has 1 fully saturated rings. The summed E-state index contributed by atoms with van der Waals surface area (Å²) in [5, 5.41) is 2.75. The zero-order valence-electron chi connectivity index (χ0n) is 19.7. The summed E-state index contributed by atoms with van der Waals surface area (Å²) >= 11 is 0. The van der Waals surface area contributed by atoms with Crippen LogP contribution in [0, 0.1) is 0 Å². The number of hydrogen-bond acceptors (Lipinski definition) is 6. The number of nitrogen functional groups attached to an aromatic ring is 1. The summed E-state index contributed by atoms with van der Waals surface area (Å²) in [6, 6.07) is 12.6. The first-order valence-corrected chi connectivity index (χ1v) is 11.5. The van der Waals surface area contributed by atoms with Crippen LogP contribution in [0.5, 0.6) is 5.75 Å². The third-order valence-corrected chi connectivity index (χ3v) is 5.22. The largest absolute Gasteiger partial charge is 0.465 e. The van der Waals surface area contributed by atoms with Crippen molar-refractivity contribution in [2.45, 2.75) is 64.8 Å². The molecule has 0 saturated carbocycles. The number of aryl methyl sites for hydroxylation is 1. The minimum atomic E-state index is -0.548. The number of alkyl carbamates (subject to hydrolysis) is 1. The monoisotopic (exact) mass is 454 g/mol. The van der Waals surface area contributed by atoms with E-state index >= 15 is 0 Å². The van der Waals surface area contributed by atoms with E-state index in [-0.39, 0.29) is 12.1 Å². The molecule has 0 bridgehead atoms. The van der Waals surface area contributed by atoms with E-state index < -0.39 is 11.7 Å². The molecule has 1 atom stereocenters. The topological polar surface area (TPSA) is 99.9 Å². The number of nitrogens with two attached hydrogens (primary N) is 1. The van der Waals surface area contributed by atoms with Gasteiger partial charge < -0.3 is 25.3 Å². The number of rotatable bonds is 8. The van der Waals surface area contributed by atoms with Crippen molar-refractivity contribution >= 4 is 17.6 Å². The fraction of sp³-hybridized carbons (Fsp3) is 0.462. The first-order valence-electron chi connectivity index (χ1n) is 11.5. The first kappa shape index (κ1) is 24.6. The number of hydrogen-bond donors (Lipinski definition) is 2. The van der Waals surface area contributed by atoms with Crippen molar-refractivity contribution < 1.29 is 23.8 Å². The third kappa shape index (κ3) is 7.49. The summed E-state index contributed by atoms with van der Waals surface area (Å²) in [6.45, 7) is 6.55. The van der Waals surface area contributed by atoms with Crippen LogP contribution in [0.4, 0.5) is 10.5 Å². The Kier molecular flexibility index (Phi) is 8.33. The number of amides is 1. The maximum atomic E-state index is 13.2. The lowest BCUT2D eigenvalue weighted by molar-refractivity contribution is -0.105. The van der Waals surface area contributed by atoms with Crippen LogP contribution in [0.2, 0.25) is 0 Å². The Morgan fingerprint density at radius 2 is 1.91 bits per heavy atom. The number of ketones is 1. The van der Waals surface area contributed by atoms with Crippen LogP contribution in [-0.2, 0) is 15.9 Å². The SMILES string of the molecule is CC(C)(C)OC(=O)NCCCc1cc(OC2CCCCO2)cc(C(=O)c2ccccc2)c1N. The highest BCUT2D eigenvalue weighted by Gasteiger charge is 2.21. The Morgan fingerprint density at radius 3 is 2.58 bits per heavy atom. The van der Waals surface area contributed by atoms with Crippen LogP contribution < -0.4 is 15.8 Å². The highest BCUT2D eigenvalue weighted by molar-refractivity contribution is 6.12. The van der Waals surface area contributed by atoms with Gasteiger partial charge in [-0.25, -0.2) is 4.79 Å². The summed E-state index contributed by atoms with van der Waals surface area (Å²) in [5.74, 6) is 0.404. The highest BCUT2D eigenvalue weighted by atomic mass is 16.7. The number of ether oxygens (including phenoxy) is 3. The molecule has 0 radical (unpaired) electrons. The lowest BCUT2D eigenvalue weighted by atomic mass is 9.96. The lowest BCUT2D eigenvalue weighted by Gasteiger charge is -2.24. The molecule has 0 aliphatic carbocycles. The maximum Gasteiger partial charge on any atom is 0.407 e. The van der Waals surface area contributed by atoms with Crippen molar-refractivity contribution in [3.05, 3.63) is 59.2 Å². The maximum absolute atomic E-state index is 13.2. The van der Waals surface area contributed by atoms with Crippen LogP contribution in [0.15, 0.2) is 42.5 Å². The average molecular weight is 455 g/mol. The van der Waals surface area contributed by atoms with Crippen molar-refractivity contribution in [1.82, 2.24) is 5.32 Å². The number of nitrogens with one attached hydrogen (secondary N) is 1. The minimum absolute atomic E-state index is 0.156. The minimum Gasteiger partial charge on any atom is -0.465 e. The molecule has 7 nitrogen and oxygen atoms in total. The quantitative estimate of drug-likeness (QED) is 0.336. The molecule has 2 aromatic carbocycles. The van der Waals surface area contributed by atoms with Crippen molar-refractivity contribution in [2.24, 2.45) is 0 Å². The van der Waals surface area contributed by atoms with Gasteiger partial charge in [0.15, 0.2) is 12.1 Å². The molecule has 0 spiro atoms. The molecule has 33 heavy (non-hydrogen) atoms. The molecule has 1 amide bonds. The van der Waals surface area contributed by atoms with Crippen molar-refractivity contribution in [1.29, 1.82) is 0 Å². The lowest BCUT2D eigenvalue weighted by Crippen LogP contribution is -2.33. The van der Waals surface area contributed by atoms with Crippen molar-refractivity contribution in [3.63, 3.8) is 0 Å². The van der Waals surface area contributed by atoms with Crippen LogP contribution in [-0.4, -0.2) is 36.9 Å². The molecular weight excluding hydrogens is 420 g/mol. The summed E-state index contributed by atoms with van der Waals surface area (Å²) in [5.41, 5.74) is 8.08. The Hall–Kier alpha value is -3.06. The van der Waals surface area contributed by atoms with Crippen LogP contribution >= 0.6 is 0 Å². The van der Waals surface area contributed by atoms with Gasteiger partial charge in [0, 0.05) is 29.8 Å². The molecule has 2 aromatic rings. The smallest absolute Gasteiger partial charge is 0.407 e. The standard InChI is InChI=1S/C26H34N2O5/c1-26(2,3)33-25(30)28-14-9-12-19-16-20(32-22-13-7-8-15-31-22)17-21(23(19)27)24(29)18-10-5-4-6-11-18/h4-6,10-11,16-17,22H,7-9,12-15,27H2,1-3H3,(H,28,30). The van der Waals surface area contributed by atoms with Gasteiger partial charge >= 0.3 is 6.09 Å². The molecule has 1 saturated heterocycles. The van der Waals surface area contributed by atoms with Crippen LogP contribution in [0.3, 0.4) is 0 Å². The Balaban J connectivity index is 1.75. The fourth-order valence-electron chi connectivity index (χ4n) is 3.63. The van der Waals surface area contributed by atoms with Crippen molar-refractivity contribution in [3.8, 4) is 5.75 Å². The molecule has 0 aromatic heterocycles. The zero-order chi connectivity index (χ0) is 23.8. The van der Waals surface area contributed by atoms with Gasteiger partial charge in [-0.2, -0.15) is 0 Å². The van der Waals surface area contributed by atoms with Gasteiger partial charge in [0.2, 0.25) is 0 Å². The third-order valence-electron chi connectivity index (χ3n) is 5.22. The van der Waals surface area contributed by atoms with E-state index in [1.165, 1.54) is 0 Å². The molecule has 1 unspecified atom stereocenters. The summed E-state index contributed by atoms with van der Waals surface area (Å²) < 4.78 is 17.0. The van der Waals surface area contributed by atoms with E-state index in [0.717, 1.165) is 24.8 Å². The van der Waals surface area contributed by atoms with E-state index in [9.17, 15) is 9.59 Å². The van der Waals surface area contributed by atoms with Gasteiger partial charge in [0.25, 0.3) is 0 Å². The molecular formula is C26H34N2O5. The first-order chi connectivity index (χ1) is 15.7. The predicted octanol–water partition coefficient (Wildman–Crippen LogP) is 4.86. The molecule has 1 aliphatic heterocycles. The van der Waals surface area contributed by atoms with Gasteiger partial charge in [-0.05, 0) is 64.2 Å². The van der Waals surface area contributed by atoms with Gasteiger partial charge in [0.05, 0.1) is 6.61 Å².